The molecule has 1 unspecified atom stereocenters. The summed E-state index contributed by atoms with van der Waals surface area (Å²) >= 11 is 0. The first-order chi connectivity index (χ1) is 5.90. The Morgan fingerprint density at radius 3 is 3.33 bits per heavy atom. The van der Waals surface area contributed by atoms with Crippen molar-refractivity contribution in [1.29, 1.82) is 0 Å². The number of fused-ring (bicyclic) bond motifs is 1. The van der Waals surface area contributed by atoms with Gasteiger partial charge in [-0.1, -0.05) is 30.7 Å². The quantitative estimate of drug-likeness (QED) is 0.573. The van der Waals surface area contributed by atoms with Crippen molar-refractivity contribution in [3.63, 3.8) is 0 Å². The van der Waals surface area contributed by atoms with E-state index >= 15 is 0 Å². The van der Waals surface area contributed by atoms with Crippen LogP contribution < -0.4 is 0 Å². The van der Waals surface area contributed by atoms with Gasteiger partial charge in [-0.25, -0.2) is 0 Å². The number of piperidine rings is 1. The van der Waals surface area contributed by atoms with Crippen LogP contribution >= 0.6 is 0 Å². The van der Waals surface area contributed by atoms with Gasteiger partial charge >= 0.3 is 0 Å². The molecule has 0 spiro atoms. The van der Waals surface area contributed by atoms with E-state index in [0.717, 1.165) is 5.92 Å². The highest BCUT2D eigenvalue weighted by molar-refractivity contribution is 5.23. The molecule has 1 aliphatic carbocycles. The zero-order valence-corrected chi connectivity index (χ0v) is 7.79. The highest BCUT2D eigenvalue weighted by atomic mass is 15.1. The third-order valence-corrected chi connectivity index (χ3v) is 3.04. The molecule has 1 saturated heterocycles. The Balaban J connectivity index is 2.06. The second-order valence-corrected chi connectivity index (χ2v) is 3.76. The normalized spacial score (nSPS) is 29.8. The molecule has 66 valence electrons. The van der Waals surface area contributed by atoms with Crippen LogP contribution in [0.3, 0.4) is 0 Å². The summed E-state index contributed by atoms with van der Waals surface area (Å²) < 4.78 is 0. The Morgan fingerprint density at radius 2 is 2.50 bits per heavy atom. The lowest BCUT2D eigenvalue weighted by molar-refractivity contribution is 0.244. The number of likely N-dealkylation sites (tertiary alicyclic amines) is 1. The minimum absolute atomic E-state index is 0.873. The Morgan fingerprint density at radius 1 is 1.58 bits per heavy atom. The monoisotopic (exact) mass is 163 g/mol. The van der Waals surface area contributed by atoms with Crippen LogP contribution in [-0.2, 0) is 0 Å². The Hall–Kier alpha value is -0.560. The second kappa shape index (κ2) is 3.44. The molecular weight excluding hydrogens is 146 g/mol. The summed E-state index contributed by atoms with van der Waals surface area (Å²) in [6.45, 7) is 5.96. The van der Waals surface area contributed by atoms with Crippen LogP contribution in [0.4, 0.5) is 0 Å². The van der Waals surface area contributed by atoms with Gasteiger partial charge in [-0.3, -0.25) is 4.90 Å². The molecule has 1 heterocycles. The summed E-state index contributed by atoms with van der Waals surface area (Å²) in [5, 5.41) is 0. The molecule has 0 saturated carbocycles. The first kappa shape index (κ1) is 8.06. The minimum Gasteiger partial charge on any atom is -0.300 e. The fourth-order valence-corrected chi connectivity index (χ4v) is 2.15. The van der Waals surface area contributed by atoms with Crippen molar-refractivity contribution >= 4 is 0 Å². The fraction of sp³-hybridized carbons (Fsp3) is 0.636. The lowest BCUT2D eigenvalue weighted by Gasteiger charge is -2.34. The Labute approximate surface area is 74.8 Å². The predicted molar refractivity (Wildman–Crippen MR) is 52.1 cm³/mol. The molecule has 2 rings (SSSR count). The standard InChI is InChI=1S/C11H17N/c1-2-12-8-7-10-5-3-4-6-11(10)9-12/h3-4,6,10H,2,5,7-9H2,1H3. The maximum atomic E-state index is 2.53. The maximum absolute atomic E-state index is 2.53. The van der Waals surface area contributed by atoms with Crippen molar-refractivity contribution in [2.24, 2.45) is 5.92 Å². The van der Waals surface area contributed by atoms with Crippen molar-refractivity contribution < 1.29 is 0 Å². The van der Waals surface area contributed by atoms with Crippen LogP contribution in [0.2, 0.25) is 0 Å². The molecule has 0 amide bonds. The summed E-state index contributed by atoms with van der Waals surface area (Å²) in [4.78, 5) is 2.53. The van der Waals surface area contributed by atoms with E-state index < -0.39 is 0 Å². The largest absolute Gasteiger partial charge is 0.300 e. The molecule has 0 bridgehead atoms. The molecule has 0 aromatic carbocycles. The van der Waals surface area contributed by atoms with Gasteiger partial charge in [0, 0.05) is 6.54 Å². The van der Waals surface area contributed by atoms with E-state index in [1.165, 1.54) is 32.5 Å². The summed E-state index contributed by atoms with van der Waals surface area (Å²) in [5.74, 6) is 0.873. The van der Waals surface area contributed by atoms with E-state index in [2.05, 4.69) is 30.1 Å². The second-order valence-electron chi connectivity index (χ2n) is 3.76. The lowest BCUT2D eigenvalue weighted by Crippen LogP contribution is -2.35. The molecule has 1 fully saturated rings. The molecule has 1 nitrogen and oxygen atoms in total. The topological polar surface area (TPSA) is 3.24 Å². The van der Waals surface area contributed by atoms with Gasteiger partial charge in [-0.2, -0.15) is 0 Å². The molecule has 0 aromatic rings. The Kier molecular flexibility index (Phi) is 2.31. The smallest absolute Gasteiger partial charge is 0.0198 e. The molecule has 1 atom stereocenters. The van der Waals surface area contributed by atoms with E-state index in [9.17, 15) is 0 Å². The van der Waals surface area contributed by atoms with Crippen LogP contribution in [-0.4, -0.2) is 24.5 Å². The number of hydrogen-bond donors (Lipinski definition) is 0. The molecule has 0 N–H and O–H groups in total. The first-order valence-corrected chi connectivity index (χ1v) is 4.98. The van der Waals surface area contributed by atoms with E-state index in [4.69, 9.17) is 0 Å². The van der Waals surface area contributed by atoms with Crippen molar-refractivity contribution in [2.75, 3.05) is 19.6 Å². The van der Waals surface area contributed by atoms with Crippen molar-refractivity contribution in [1.82, 2.24) is 4.90 Å². The van der Waals surface area contributed by atoms with Crippen LogP contribution in [0.5, 0.6) is 0 Å². The third kappa shape index (κ3) is 1.46. The zero-order chi connectivity index (χ0) is 8.39. The average molecular weight is 163 g/mol. The van der Waals surface area contributed by atoms with Crippen LogP contribution in [0, 0.1) is 5.92 Å². The van der Waals surface area contributed by atoms with Crippen molar-refractivity contribution in [3.05, 3.63) is 23.8 Å². The van der Waals surface area contributed by atoms with E-state index in [0.29, 0.717) is 0 Å². The molecule has 1 aliphatic heterocycles. The predicted octanol–water partition coefficient (Wildman–Crippen LogP) is 2.21. The van der Waals surface area contributed by atoms with Gasteiger partial charge in [-0.05, 0) is 31.8 Å². The third-order valence-electron chi connectivity index (χ3n) is 3.04. The number of rotatable bonds is 1. The van der Waals surface area contributed by atoms with Gasteiger partial charge in [0.05, 0.1) is 0 Å². The van der Waals surface area contributed by atoms with E-state index in [-0.39, 0.29) is 0 Å². The van der Waals surface area contributed by atoms with E-state index in [1.54, 1.807) is 5.57 Å². The molecule has 12 heavy (non-hydrogen) atoms. The van der Waals surface area contributed by atoms with Gasteiger partial charge in [0.15, 0.2) is 0 Å². The fourth-order valence-electron chi connectivity index (χ4n) is 2.15. The number of allylic oxidation sites excluding steroid dienone is 3. The number of hydrogen-bond acceptors (Lipinski definition) is 1. The van der Waals surface area contributed by atoms with Crippen LogP contribution in [0.15, 0.2) is 23.8 Å². The van der Waals surface area contributed by atoms with Crippen LogP contribution in [0.25, 0.3) is 0 Å². The number of likely N-dealkylation sites (N-methyl/N-ethyl adjacent to an activating group) is 1. The van der Waals surface area contributed by atoms with Crippen molar-refractivity contribution in [2.45, 2.75) is 19.8 Å². The maximum Gasteiger partial charge on any atom is 0.0198 e. The van der Waals surface area contributed by atoms with Gasteiger partial charge in [0.2, 0.25) is 0 Å². The van der Waals surface area contributed by atoms with Gasteiger partial charge < -0.3 is 0 Å². The van der Waals surface area contributed by atoms with Crippen LogP contribution in [0.1, 0.15) is 19.8 Å². The molecule has 1 heteroatoms. The number of nitrogens with zero attached hydrogens (tertiary/aromatic N) is 1. The molecule has 0 aromatic heterocycles. The summed E-state index contributed by atoms with van der Waals surface area (Å²) in [5.41, 5.74) is 1.66. The lowest BCUT2D eigenvalue weighted by atomic mass is 9.85. The summed E-state index contributed by atoms with van der Waals surface area (Å²) in [6, 6.07) is 0. The first-order valence-electron chi connectivity index (χ1n) is 4.98. The minimum atomic E-state index is 0.873. The zero-order valence-electron chi connectivity index (χ0n) is 7.79. The van der Waals surface area contributed by atoms with E-state index in [1.807, 2.05) is 0 Å². The molecular formula is C11H17N. The molecule has 2 aliphatic rings. The van der Waals surface area contributed by atoms with Gasteiger partial charge in [-0.15, -0.1) is 0 Å². The highest BCUT2D eigenvalue weighted by Crippen LogP contribution is 2.28. The van der Waals surface area contributed by atoms with Gasteiger partial charge in [0.25, 0.3) is 0 Å². The Bertz CT molecular complexity index is 215. The summed E-state index contributed by atoms with van der Waals surface area (Å²) in [7, 11) is 0. The SMILES string of the molecule is CCN1CCC2CC=CC=C2C1. The van der Waals surface area contributed by atoms with Crippen molar-refractivity contribution in [3.8, 4) is 0 Å². The average Bonchev–Trinajstić information content (AvgIpc) is 2.17. The highest BCUT2D eigenvalue weighted by Gasteiger charge is 2.22. The van der Waals surface area contributed by atoms with Gasteiger partial charge in [0.1, 0.15) is 0 Å². The molecule has 0 radical (unpaired) electrons. The summed E-state index contributed by atoms with van der Waals surface area (Å²) in [6.07, 6.45) is 9.48.